The Morgan fingerprint density at radius 2 is 1.75 bits per heavy atom. The first kappa shape index (κ1) is 14.1. The van der Waals surface area contributed by atoms with Gasteiger partial charge in [-0.3, -0.25) is 4.79 Å². The Kier molecular flexibility index (Phi) is 4.38. The first-order valence-electron chi connectivity index (χ1n) is 6.16. The summed E-state index contributed by atoms with van der Waals surface area (Å²) in [6.45, 7) is 0. The number of methoxy groups -OCH3 is 2. The average molecular weight is 272 g/mol. The van der Waals surface area contributed by atoms with Gasteiger partial charge in [-0.25, -0.2) is 0 Å². The number of carbonyl (C=O) groups is 1. The molecule has 0 aromatic heterocycles. The van der Waals surface area contributed by atoms with Crippen molar-refractivity contribution >= 4 is 5.78 Å². The van der Waals surface area contributed by atoms with E-state index >= 15 is 0 Å². The Labute approximate surface area is 117 Å². The molecule has 2 aromatic carbocycles. The van der Waals surface area contributed by atoms with Gasteiger partial charge in [-0.1, -0.05) is 30.3 Å². The number of benzene rings is 2. The average Bonchev–Trinajstić information content (AvgIpc) is 2.53. The number of aliphatic hydroxyl groups excluding tert-OH is 1. The molecule has 0 radical (unpaired) electrons. The number of ketones is 1. The van der Waals surface area contributed by atoms with E-state index in [0.29, 0.717) is 22.6 Å². The smallest absolute Gasteiger partial charge is 0.199 e. The molecule has 1 atom stereocenters. The number of hydrogen-bond donors (Lipinski definition) is 1. The van der Waals surface area contributed by atoms with Gasteiger partial charge in [0.1, 0.15) is 17.6 Å². The van der Waals surface area contributed by atoms with E-state index in [1.165, 1.54) is 14.2 Å². The topological polar surface area (TPSA) is 55.8 Å². The van der Waals surface area contributed by atoms with Gasteiger partial charge in [0.05, 0.1) is 19.8 Å². The van der Waals surface area contributed by atoms with Crippen molar-refractivity contribution in [2.24, 2.45) is 0 Å². The van der Waals surface area contributed by atoms with Gasteiger partial charge in [-0.05, 0) is 17.7 Å². The van der Waals surface area contributed by atoms with E-state index in [-0.39, 0.29) is 0 Å². The molecule has 20 heavy (non-hydrogen) atoms. The zero-order valence-corrected chi connectivity index (χ0v) is 11.4. The maximum Gasteiger partial charge on any atom is 0.199 e. The van der Waals surface area contributed by atoms with E-state index in [1.807, 2.05) is 6.07 Å². The molecule has 0 spiro atoms. The highest BCUT2D eigenvalue weighted by atomic mass is 16.5. The number of hydrogen-bond acceptors (Lipinski definition) is 4. The van der Waals surface area contributed by atoms with Gasteiger partial charge in [-0.2, -0.15) is 0 Å². The maximum atomic E-state index is 12.4. The third-order valence-electron chi connectivity index (χ3n) is 3.04. The first-order valence-corrected chi connectivity index (χ1v) is 6.16. The number of rotatable bonds is 5. The Balaban J connectivity index is 2.33. The second kappa shape index (κ2) is 6.21. The van der Waals surface area contributed by atoms with E-state index in [2.05, 4.69) is 0 Å². The van der Waals surface area contributed by atoms with Crippen molar-refractivity contribution in [3.05, 3.63) is 59.7 Å². The standard InChI is InChI=1S/C16H16O4/c1-19-12-8-9-13(14(10-12)20-2)16(18)15(17)11-6-4-3-5-7-11/h3-10,15,17H,1-2H3. The van der Waals surface area contributed by atoms with Crippen LogP contribution in [0.3, 0.4) is 0 Å². The monoisotopic (exact) mass is 272 g/mol. The lowest BCUT2D eigenvalue weighted by atomic mass is 9.99. The third kappa shape index (κ3) is 2.81. The minimum absolute atomic E-state index is 0.324. The molecule has 0 saturated carbocycles. The van der Waals surface area contributed by atoms with E-state index in [0.717, 1.165) is 0 Å². The molecule has 0 fully saturated rings. The molecule has 104 valence electrons. The molecular formula is C16H16O4. The molecule has 0 amide bonds. The summed E-state index contributed by atoms with van der Waals surface area (Å²) in [6, 6.07) is 13.7. The Morgan fingerprint density at radius 3 is 2.35 bits per heavy atom. The van der Waals surface area contributed by atoms with Gasteiger partial charge in [0.25, 0.3) is 0 Å². The molecule has 0 aliphatic carbocycles. The lowest BCUT2D eigenvalue weighted by Crippen LogP contribution is -2.13. The second-order valence-electron chi connectivity index (χ2n) is 4.24. The fraction of sp³-hybridized carbons (Fsp3) is 0.188. The molecule has 4 nitrogen and oxygen atoms in total. The maximum absolute atomic E-state index is 12.4. The van der Waals surface area contributed by atoms with Crippen LogP contribution >= 0.6 is 0 Å². The van der Waals surface area contributed by atoms with Crippen molar-refractivity contribution in [1.29, 1.82) is 0 Å². The van der Waals surface area contributed by atoms with E-state index < -0.39 is 11.9 Å². The minimum Gasteiger partial charge on any atom is -0.497 e. The molecule has 1 N–H and O–H groups in total. The highest BCUT2D eigenvalue weighted by molar-refractivity contribution is 6.02. The highest BCUT2D eigenvalue weighted by Gasteiger charge is 2.22. The van der Waals surface area contributed by atoms with Crippen LogP contribution in [0.4, 0.5) is 0 Å². The summed E-state index contributed by atoms with van der Waals surface area (Å²) >= 11 is 0. The first-order chi connectivity index (χ1) is 9.67. The Bertz CT molecular complexity index is 593. The van der Waals surface area contributed by atoms with Crippen LogP contribution in [0.5, 0.6) is 11.5 Å². The van der Waals surface area contributed by atoms with Gasteiger partial charge in [-0.15, -0.1) is 0 Å². The van der Waals surface area contributed by atoms with Crippen LogP contribution in [0.15, 0.2) is 48.5 Å². The summed E-state index contributed by atoms with van der Waals surface area (Å²) in [5.41, 5.74) is 0.875. The minimum atomic E-state index is -1.21. The van der Waals surface area contributed by atoms with Gasteiger partial charge in [0.2, 0.25) is 0 Å². The molecule has 1 unspecified atom stereocenters. The highest BCUT2D eigenvalue weighted by Crippen LogP contribution is 2.28. The summed E-state index contributed by atoms with van der Waals surface area (Å²) in [4.78, 5) is 12.4. The fourth-order valence-corrected chi connectivity index (χ4v) is 1.94. The van der Waals surface area contributed by atoms with Crippen LogP contribution in [0.2, 0.25) is 0 Å². The van der Waals surface area contributed by atoms with Crippen LogP contribution in [0.1, 0.15) is 22.0 Å². The van der Waals surface area contributed by atoms with E-state index in [4.69, 9.17) is 9.47 Å². The predicted molar refractivity (Wildman–Crippen MR) is 75.3 cm³/mol. The molecule has 2 aromatic rings. The lowest BCUT2D eigenvalue weighted by Gasteiger charge is -2.13. The third-order valence-corrected chi connectivity index (χ3v) is 3.04. The Hall–Kier alpha value is -2.33. The molecule has 0 aliphatic rings. The summed E-state index contributed by atoms with van der Waals surface area (Å²) in [6.07, 6.45) is -1.21. The van der Waals surface area contributed by atoms with Crippen LogP contribution in [0, 0.1) is 0 Å². The van der Waals surface area contributed by atoms with Crippen molar-refractivity contribution in [3.8, 4) is 11.5 Å². The van der Waals surface area contributed by atoms with Gasteiger partial charge < -0.3 is 14.6 Å². The van der Waals surface area contributed by atoms with Crippen LogP contribution in [-0.2, 0) is 0 Å². The van der Waals surface area contributed by atoms with E-state index in [9.17, 15) is 9.90 Å². The number of Topliss-reactive ketones (excluding diaryl/α,β-unsaturated/α-hetero) is 1. The van der Waals surface area contributed by atoms with Crippen molar-refractivity contribution in [1.82, 2.24) is 0 Å². The second-order valence-corrected chi connectivity index (χ2v) is 4.24. The molecule has 0 bridgehead atoms. The van der Waals surface area contributed by atoms with Gasteiger partial charge >= 0.3 is 0 Å². The summed E-state index contributed by atoms with van der Waals surface area (Å²) in [5, 5.41) is 10.2. The SMILES string of the molecule is COc1ccc(C(=O)C(O)c2ccccc2)c(OC)c1. The molecule has 0 aliphatic heterocycles. The van der Waals surface area contributed by atoms with Crippen molar-refractivity contribution in [2.75, 3.05) is 14.2 Å². The summed E-state index contributed by atoms with van der Waals surface area (Å²) < 4.78 is 10.3. The zero-order valence-electron chi connectivity index (χ0n) is 11.4. The van der Waals surface area contributed by atoms with Gasteiger partial charge in [0, 0.05) is 6.07 Å². The van der Waals surface area contributed by atoms with Crippen LogP contribution in [0.25, 0.3) is 0 Å². The van der Waals surface area contributed by atoms with E-state index in [1.54, 1.807) is 42.5 Å². The largest absolute Gasteiger partial charge is 0.497 e. The van der Waals surface area contributed by atoms with Crippen molar-refractivity contribution in [3.63, 3.8) is 0 Å². The van der Waals surface area contributed by atoms with Crippen molar-refractivity contribution in [2.45, 2.75) is 6.10 Å². The normalized spacial score (nSPS) is 11.8. The molecular weight excluding hydrogens is 256 g/mol. The number of carbonyl (C=O) groups excluding carboxylic acids is 1. The van der Waals surface area contributed by atoms with Crippen LogP contribution < -0.4 is 9.47 Å². The molecule has 2 rings (SSSR count). The number of ether oxygens (including phenoxy) is 2. The predicted octanol–water partition coefficient (Wildman–Crippen LogP) is 2.62. The fourth-order valence-electron chi connectivity index (χ4n) is 1.94. The molecule has 0 saturated heterocycles. The number of aliphatic hydroxyl groups is 1. The Morgan fingerprint density at radius 1 is 1.05 bits per heavy atom. The molecule has 4 heteroatoms. The summed E-state index contributed by atoms with van der Waals surface area (Å²) in [7, 11) is 3.01. The lowest BCUT2D eigenvalue weighted by molar-refractivity contribution is 0.0744. The van der Waals surface area contributed by atoms with Crippen molar-refractivity contribution < 1.29 is 19.4 Å². The zero-order chi connectivity index (χ0) is 14.5. The van der Waals surface area contributed by atoms with Gasteiger partial charge in [0.15, 0.2) is 5.78 Å². The quantitative estimate of drug-likeness (QED) is 0.850. The summed E-state index contributed by atoms with van der Waals surface area (Å²) in [5.74, 6) is 0.563. The molecule has 0 heterocycles. The van der Waals surface area contributed by atoms with Crippen LogP contribution in [-0.4, -0.2) is 25.1 Å².